The number of likely N-dealkylation sites (N-methyl/N-ethyl adjacent to an activating group) is 1. The number of aromatic nitrogens is 3. The Labute approximate surface area is 453 Å². The summed E-state index contributed by atoms with van der Waals surface area (Å²) in [5.41, 5.74) is 14.1. The van der Waals surface area contributed by atoms with Crippen LogP contribution in [0.3, 0.4) is 0 Å². The topological polar surface area (TPSA) is 151 Å². The number of nitroso groups, excluding NO2 is 1. The van der Waals surface area contributed by atoms with Crippen molar-refractivity contribution < 1.29 is 24.0 Å². The number of likely N-dealkylation sites (tertiary alicyclic amines) is 1. The molecule has 0 spiro atoms. The van der Waals surface area contributed by atoms with E-state index in [-0.39, 0.29) is 36.1 Å². The number of nitrogens with one attached hydrogen (secondary N) is 2. The summed E-state index contributed by atoms with van der Waals surface area (Å²) in [5.74, 6) is 0.568. The minimum Gasteiger partial charge on any atom is -0.388 e. The zero-order valence-corrected chi connectivity index (χ0v) is 46.2. The highest BCUT2D eigenvalue weighted by Gasteiger charge is 2.38. The lowest BCUT2D eigenvalue weighted by Gasteiger charge is -2.40. The number of carbonyl (C=O) groups is 2. The molecule has 2 amide bonds. The fraction of sp³-hybridized carbons (Fsp3) is 0.532. The van der Waals surface area contributed by atoms with Crippen LogP contribution in [-0.4, -0.2) is 121 Å². The molecule has 3 N–H and O–H groups in total. The predicted octanol–water partition coefficient (Wildman–Crippen LogP) is 8.28. The molecule has 2 saturated carbocycles. The minimum absolute atomic E-state index is 0.0123. The fourth-order valence-corrected chi connectivity index (χ4v) is 14.0. The Bertz CT molecular complexity index is 3180. The highest BCUT2D eigenvalue weighted by atomic mass is 16.3. The maximum Gasteiger partial charge on any atom is 0.330 e. The van der Waals surface area contributed by atoms with Gasteiger partial charge in [0, 0.05) is 89.7 Å². The summed E-state index contributed by atoms with van der Waals surface area (Å²) in [7, 11) is 1.86. The molecule has 11 rings (SSSR count). The third kappa shape index (κ3) is 10.7. The van der Waals surface area contributed by atoms with Crippen LogP contribution < -0.4 is 21.2 Å². The lowest BCUT2D eigenvalue weighted by molar-refractivity contribution is -0.605. The number of allylic oxidation sites excluding steroid dienone is 2. The van der Waals surface area contributed by atoms with Crippen LogP contribution in [0.25, 0.3) is 22.7 Å². The standard InChI is InChI=1S/C62H79N10O5/c1-38(2)50-30-45(28-40(4)60(50)46-19-23-67(24-20-46)42(6)51-33-52-53(29-39(51)3)64-22-18-54(52)69-25-21-47(63-7)32-59(69)74)37-70(77)48-11-8-43(9-12-48)36-68-27-26-66(34-41(68)5)35-44-10-15-55-57(31-44)71(49-13-14-49)62(76)72(55)56-16-17-58(73)65-61(56)75/h10,15,18,21-22,25,28,30-33,36,39,41-43,46,48-49,56,59,63,74H,1,8-9,11-14,16-17,19-20,23-24,26-27,29,34-35,37H2,2-7H3/q+1/p+1/t39?,41-,42-,43?,48?,56?,59?/m0/s1. The van der Waals surface area contributed by atoms with Crippen LogP contribution in [0.4, 0.5) is 5.69 Å². The second-order valence-electron chi connectivity index (χ2n) is 23.7. The monoisotopic (exact) mass is 1040 g/mol. The molecule has 77 heavy (non-hydrogen) atoms. The number of anilines is 1. The minimum atomic E-state index is -0.763. The number of nitrogens with zero attached hydrogens (tertiary/aromatic N) is 8. The van der Waals surface area contributed by atoms with Gasteiger partial charge < -0.3 is 15.3 Å². The van der Waals surface area contributed by atoms with Crippen molar-refractivity contribution in [1.29, 1.82) is 0 Å². The molecule has 5 fully saturated rings. The van der Waals surface area contributed by atoms with Crippen LogP contribution in [0.5, 0.6) is 0 Å². The van der Waals surface area contributed by atoms with Gasteiger partial charge in [-0.2, -0.15) is 0 Å². The highest BCUT2D eigenvalue weighted by molar-refractivity contribution is 6.00. The molecule has 6 heterocycles. The van der Waals surface area contributed by atoms with Gasteiger partial charge in [-0.05, 0) is 174 Å². The van der Waals surface area contributed by atoms with E-state index in [1.165, 1.54) is 27.0 Å². The van der Waals surface area contributed by atoms with Crippen molar-refractivity contribution in [3.05, 3.63) is 133 Å². The Kier molecular flexibility index (Phi) is 15.0. The molecular formula is C62H80N10O5+2. The van der Waals surface area contributed by atoms with Crippen LogP contribution in [-0.2, 0) is 29.1 Å². The molecule has 2 aromatic carbocycles. The first-order chi connectivity index (χ1) is 37.1. The average molecular weight is 1050 g/mol. The fourth-order valence-electron chi connectivity index (χ4n) is 14.0. The van der Waals surface area contributed by atoms with Gasteiger partial charge in [0.25, 0.3) is 0 Å². The molecule has 5 atom stereocenters. The molecule has 3 saturated heterocycles. The molecule has 3 unspecified atom stereocenters. The maximum absolute atomic E-state index is 14.0. The van der Waals surface area contributed by atoms with Gasteiger partial charge in [0.1, 0.15) is 12.3 Å². The number of benzene rings is 2. The molecule has 0 radical (unpaired) electrons. The normalized spacial score (nSPS) is 26.6. The molecular weight excluding hydrogens is 965 g/mol. The van der Waals surface area contributed by atoms with Crippen molar-refractivity contribution in [3.8, 4) is 0 Å². The zero-order chi connectivity index (χ0) is 53.8. The van der Waals surface area contributed by atoms with Crippen LogP contribution in [0.15, 0.2) is 83.6 Å². The molecule has 3 aliphatic carbocycles. The first kappa shape index (κ1) is 52.7. The molecule has 15 heteroatoms. The van der Waals surface area contributed by atoms with E-state index in [0.29, 0.717) is 36.8 Å². The van der Waals surface area contributed by atoms with E-state index in [1.807, 2.05) is 53.2 Å². The number of piperazine rings is 1. The number of piperidine rings is 2. The average Bonchev–Trinajstić information content (AvgIpc) is 4.39. The van der Waals surface area contributed by atoms with E-state index >= 15 is 0 Å². The van der Waals surface area contributed by atoms with Crippen molar-refractivity contribution >= 4 is 46.4 Å². The second kappa shape index (κ2) is 21.9. The molecule has 4 aromatic rings. The van der Waals surface area contributed by atoms with E-state index in [2.05, 4.69) is 103 Å². The number of amides is 2. The lowest BCUT2D eigenvalue weighted by atomic mass is 9.79. The van der Waals surface area contributed by atoms with Crippen LogP contribution >= 0.6 is 0 Å². The Morgan fingerprint density at radius 3 is 2.45 bits per heavy atom. The summed E-state index contributed by atoms with van der Waals surface area (Å²) in [6, 6.07) is 12.9. The number of pyridine rings is 1. The van der Waals surface area contributed by atoms with E-state index < -0.39 is 18.2 Å². The summed E-state index contributed by atoms with van der Waals surface area (Å²) in [6.45, 7) is 21.8. The Hall–Kier alpha value is -6.29. The first-order valence-electron chi connectivity index (χ1n) is 28.7. The molecule has 15 nitrogen and oxygen atoms in total. The van der Waals surface area contributed by atoms with Crippen LogP contribution in [0.2, 0.25) is 0 Å². The number of imide groups is 1. The van der Waals surface area contributed by atoms with Crippen molar-refractivity contribution in [1.82, 2.24) is 34.6 Å². The van der Waals surface area contributed by atoms with Gasteiger partial charge in [-0.25, -0.2) is 9.37 Å². The molecule has 406 valence electrons. The smallest absolute Gasteiger partial charge is 0.330 e. The number of carbonyl (C=O) groups excluding carboxylic acids is 2. The van der Waals surface area contributed by atoms with Crippen molar-refractivity contribution in [2.24, 2.45) is 11.8 Å². The van der Waals surface area contributed by atoms with Gasteiger partial charge in [0.2, 0.25) is 24.4 Å². The Morgan fingerprint density at radius 1 is 0.974 bits per heavy atom. The van der Waals surface area contributed by atoms with Gasteiger partial charge >= 0.3 is 5.69 Å². The number of aryl methyl sites for hydroxylation is 1. The number of aliphatic hydroxyl groups excluding tert-OH is 1. The SMILES string of the molecule is C=C(C)c1cc(C[N+](=O)C2CCC(C=[N+]3CCN(Cc4ccc5c(c4)n(C4CC4)c(=O)n5C4CCC(=O)NC4=O)C[C@@H]3C)CC2)cc(C)c1C1CCN([C@@H](C)C2=Cc3c(N4C=CC(NC)=CC4O)ccnc3CC2C)CC1. The second-order valence-corrected chi connectivity index (χ2v) is 23.7. The van der Waals surface area contributed by atoms with E-state index in [0.717, 1.165) is 147 Å². The van der Waals surface area contributed by atoms with Crippen LogP contribution in [0, 0.1) is 23.7 Å². The summed E-state index contributed by atoms with van der Waals surface area (Å²) in [4.78, 5) is 64.4. The number of hydrogen-bond acceptors (Lipinski definition) is 10. The maximum atomic E-state index is 14.0. The van der Waals surface area contributed by atoms with Gasteiger partial charge in [-0.15, -0.1) is 0 Å². The number of imidazole rings is 1. The number of fused-ring (bicyclic) bond motifs is 2. The third-order valence-corrected chi connectivity index (χ3v) is 18.4. The van der Waals surface area contributed by atoms with Crippen molar-refractivity contribution in [2.45, 2.75) is 161 Å². The Morgan fingerprint density at radius 2 is 1.75 bits per heavy atom. The quantitative estimate of drug-likeness (QED) is 0.0832. The van der Waals surface area contributed by atoms with Crippen molar-refractivity contribution in [3.63, 3.8) is 0 Å². The summed E-state index contributed by atoms with van der Waals surface area (Å²) in [5, 5.41) is 16.6. The van der Waals surface area contributed by atoms with Crippen molar-refractivity contribution in [2.75, 3.05) is 44.7 Å². The Balaban J connectivity index is 0.676. The third-order valence-electron chi connectivity index (χ3n) is 18.4. The summed E-state index contributed by atoms with van der Waals surface area (Å²) >= 11 is 0. The molecule has 4 aliphatic heterocycles. The molecule has 7 aliphatic rings. The molecule has 0 bridgehead atoms. The van der Waals surface area contributed by atoms with Gasteiger partial charge in [0.05, 0.1) is 35.5 Å². The summed E-state index contributed by atoms with van der Waals surface area (Å²) in [6.07, 6.45) is 21.0. The van der Waals surface area contributed by atoms with E-state index in [4.69, 9.17) is 4.98 Å². The lowest BCUT2D eigenvalue weighted by Crippen LogP contribution is -2.48. The predicted molar refractivity (Wildman–Crippen MR) is 304 cm³/mol. The number of hydrogen-bond donors (Lipinski definition) is 3. The molecule has 2 aromatic heterocycles. The number of aliphatic hydroxyl groups is 1. The van der Waals surface area contributed by atoms with E-state index in [9.17, 15) is 24.4 Å². The van der Waals surface area contributed by atoms with Gasteiger partial charge in [0.15, 0.2) is 18.8 Å². The van der Waals surface area contributed by atoms with Crippen LogP contribution in [0.1, 0.15) is 149 Å². The first-order valence-corrected chi connectivity index (χ1v) is 28.7. The summed E-state index contributed by atoms with van der Waals surface area (Å²) < 4.78 is 7.39. The van der Waals surface area contributed by atoms with Gasteiger partial charge in [-0.1, -0.05) is 31.2 Å². The largest absolute Gasteiger partial charge is 0.388 e. The van der Waals surface area contributed by atoms with Gasteiger partial charge in [-0.3, -0.25) is 38.8 Å². The zero-order valence-electron chi connectivity index (χ0n) is 46.2. The van der Waals surface area contributed by atoms with E-state index in [1.54, 1.807) is 4.57 Å². The highest BCUT2D eigenvalue weighted by Crippen LogP contribution is 2.42. The number of rotatable bonds is 14.